The van der Waals surface area contributed by atoms with Crippen molar-refractivity contribution in [3.8, 4) is 0 Å². The lowest BCUT2D eigenvalue weighted by atomic mass is 9.71. The minimum absolute atomic E-state index is 0.0412. The summed E-state index contributed by atoms with van der Waals surface area (Å²) in [4.78, 5) is 40.9. The van der Waals surface area contributed by atoms with Gasteiger partial charge in [-0.2, -0.15) is 0 Å². The highest BCUT2D eigenvalue weighted by molar-refractivity contribution is 8.02. The van der Waals surface area contributed by atoms with Gasteiger partial charge in [0, 0.05) is 25.4 Å². The molecule has 3 amide bonds. The Kier molecular flexibility index (Phi) is 5.52. The largest absolute Gasteiger partial charge is 0.396 e. The summed E-state index contributed by atoms with van der Waals surface area (Å²) in [6, 6.07) is 6.27. The molecule has 3 heterocycles. The van der Waals surface area contributed by atoms with Gasteiger partial charge in [-0.05, 0) is 31.4 Å². The zero-order chi connectivity index (χ0) is 20.8. The smallest absolute Gasteiger partial charge is 0.248 e. The lowest BCUT2D eigenvalue weighted by molar-refractivity contribution is -0.139. The SMILES string of the molecule is CNC(=O)[C@@H]1[C@H]2C(=O)N(CCCO)C(C(=O)Nc3ccccc3Cl)C23CC[C@H]1S3. The summed E-state index contributed by atoms with van der Waals surface area (Å²) in [5.41, 5.74) is 0.494. The molecular weight excluding hydrogens is 414 g/mol. The van der Waals surface area contributed by atoms with Crippen LogP contribution in [-0.2, 0) is 14.4 Å². The molecule has 29 heavy (non-hydrogen) atoms. The van der Waals surface area contributed by atoms with Gasteiger partial charge in [0.05, 0.1) is 27.3 Å². The zero-order valence-corrected chi connectivity index (χ0v) is 17.6. The summed E-state index contributed by atoms with van der Waals surface area (Å²) < 4.78 is -0.625. The number of amides is 3. The van der Waals surface area contributed by atoms with Gasteiger partial charge in [-0.15, -0.1) is 11.8 Å². The second kappa shape index (κ2) is 7.81. The summed E-state index contributed by atoms with van der Waals surface area (Å²) in [7, 11) is 1.58. The molecule has 3 aliphatic rings. The number of thioether (sulfide) groups is 1. The first kappa shape index (κ1) is 20.5. The average molecular weight is 438 g/mol. The normalized spacial score (nSPS) is 32.4. The van der Waals surface area contributed by atoms with E-state index in [-0.39, 0.29) is 36.1 Å². The van der Waals surface area contributed by atoms with Gasteiger partial charge in [-0.1, -0.05) is 23.7 Å². The molecule has 3 saturated heterocycles. The molecule has 1 aromatic rings. The van der Waals surface area contributed by atoms with Crippen molar-refractivity contribution >= 4 is 46.8 Å². The van der Waals surface area contributed by atoms with Gasteiger partial charge in [-0.3, -0.25) is 14.4 Å². The Bertz CT molecular complexity index is 853. The van der Waals surface area contributed by atoms with E-state index in [2.05, 4.69) is 10.6 Å². The number of anilines is 1. The number of aliphatic hydroxyl groups excluding tert-OH is 1. The lowest BCUT2D eigenvalue weighted by Gasteiger charge is -2.34. The standard InChI is InChI=1S/C20H24ClN3O4S/c1-22-17(26)14-13-7-8-20(29-13)15(14)19(28)24(9-4-10-25)16(20)18(27)23-12-6-3-2-5-11(12)21/h2-3,5-6,13-16,25H,4,7-10H2,1H3,(H,22,26)(H,23,27)/t13-,14+,15+,16?,20?/m1/s1. The number of fused-ring (bicyclic) bond motifs is 1. The van der Waals surface area contributed by atoms with Crippen molar-refractivity contribution in [3.63, 3.8) is 0 Å². The number of hydrogen-bond acceptors (Lipinski definition) is 5. The van der Waals surface area contributed by atoms with Crippen LogP contribution in [0.5, 0.6) is 0 Å². The molecule has 3 aliphatic heterocycles. The highest BCUT2D eigenvalue weighted by Gasteiger charge is 2.73. The molecule has 1 spiro atoms. The Labute approximate surface area is 178 Å². The number of carbonyl (C=O) groups is 3. The minimum Gasteiger partial charge on any atom is -0.396 e. The van der Waals surface area contributed by atoms with Crippen molar-refractivity contribution in [2.45, 2.75) is 35.3 Å². The van der Waals surface area contributed by atoms with Gasteiger partial charge >= 0.3 is 0 Å². The maximum atomic E-state index is 13.4. The number of para-hydroxylation sites is 1. The quantitative estimate of drug-likeness (QED) is 0.626. The number of carbonyl (C=O) groups excluding carboxylic acids is 3. The Morgan fingerprint density at radius 3 is 2.79 bits per heavy atom. The maximum Gasteiger partial charge on any atom is 0.248 e. The third kappa shape index (κ3) is 3.12. The Hall–Kier alpha value is -1.77. The van der Waals surface area contributed by atoms with Crippen molar-refractivity contribution in [2.24, 2.45) is 11.8 Å². The molecule has 4 rings (SSSR count). The van der Waals surface area contributed by atoms with E-state index >= 15 is 0 Å². The molecule has 0 aliphatic carbocycles. The maximum absolute atomic E-state index is 13.4. The van der Waals surface area contributed by atoms with Gasteiger partial charge in [0.25, 0.3) is 0 Å². The molecule has 1 aromatic carbocycles. The fourth-order valence-electron chi connectivity index (χ4n) is 5.17. The van der Waals surface area contributed by atoms with Crippen LogP contribution in [0.4, 0.5) is 5.69 Å². The Balaban J connectivity index is 1.70. The van der Waals surface area contributed by atoms with E-state index in [1.165, 1.54) is 0 Å². The van der Waals surface area contributed by atoms with Crippen LogP contribution < -0.4 is 10.6 Å². The van der Waals surface area contributed by atoms with Crippen molar-refractivity contribution in [2.75, 3.05) is 25.5 Å². The monoisotopic (exact) mass is 437 g/mol. The minimum atomic E-state index is -0.701. The van der Waals surface area contributed by atoms with Crippen LogP contribution in [0.2, 0.25) is 5.02 Å². The van der Waals surface area contributed by atoms with E-state index in [0.29, 0.717) is 23.6 Å². The molecule has 3 N–H and O–H groups in total. The second-order valence-corrected chi connectivity index (χ2v) is 9.76. The fourth-order valence-corrected chi connectivity index (χ4v) is 7.57. The third-order valence-electron chi connectivity index (χ3n) is 6.29. The highest BCUT2D eigenvalue weighted by atomic mass is 35.5. The number of aliphatic hydroxyl groups is 1. The van der Waals surface area contributed by atoms with Crippen LogP contribution in [-0.4, -0.2) is 64.0 Å². The first-order chi connectivity index (χ1) is 13.9. The van der Waals surface area contributed by atoms with E-state index in [0.717, 1.165) is 6.42 Å². The number of benzene rings is 1. The van der Waals surface area contributed by atoms with Gasteiger partial charge < -0.3 is 20.6 Å². The molecule has 9 heteroatoms. The number of nitrogens with one attached hydrogen (secondary N) is 2. The Morgan fingerprint density at radius 2 is 2.10 bits per heavy atom. The van der Waals surface area contributed by atoms with Crippen LogP contribution in [0.15, 0.2) is 24.3 Å². The topological polar surface area (TPSA) is 98.7 Å². The van der Waals surface area contributed by atoms with Crippen molar-refractivity contribution < 1.29 is 19.5 Å². The number of halogens is 1. The highest BCUT2D eigenvalue weighted by Crippen LogP contribution is 2.66. The number of likely N-dealkylation sites (tertiary alicyclic amines) is 1. The van der Waals surface area contributed by atoms with Crippen LogP contribution >= 0.6 is 23.4 Å². The number of nitrogens with zero attached hydrogens (tertiary/aromatic N) is 1. The molecular formula is C20H24ClN3O4S. The second-order valence-electron chi connectivity index (χ2n) is 7.75. The fraction of sp³-hybridized carbons (Fsp3) is 0.550. The molecule has 0 saturated carbocycles. The lowest BCUT2D eigenvalue weighted by Crippen LogP contribution is -2.51. The molecule has 156 valence electrons. The first-order valence-corrected chi connectivity index (χ1v) is 11.1. The summed E-state index contributed by atoms with van der Waals surface area (Å²) in [5, 5.41) is 15.3. The van der Waals surface area contributed by atoms with Gasteiger partial charge in [0.2, 0.25) is 17.7 Å². The zero-order valence-electron chi connectivity index (χ0n) is 16.1. The molecule has 3 fully saturated rings. The van der Waals surface area contributed by atoms with Crippen molar-refractivity contribution in [3.05, 3.63) is 29.3 Å². The van der Waals surface area contributed by atoms with Crippen LogP contribution in [0.1, 0.15) is 19.3 Å². The van der Waals surface area contributed by atoms with Crippen LogP contribution in [0, 0.1) is 11.8 Å². The number of rotatable bonds is 6. The third-order valence-corrected chi connectivity index (χ3v) is 8.57. The van der Waals surface area contributed by atoms with Gasteiger partial charge in [0.15, 0.2) is 0 Å². The van der Waals surface area contributed by atoms with Gasteiger partial charge in [0.1, 0.15) is 6.04 Å². The Morgan fingerprint density at radius 1 is 1.34 bits per heavy atom. The summed E-state index contributed by atoms with van der Waals surface area (Å²) in [6.07, 6.45) is 1.89. The van der Waals surface area contributed by atoms with E-state index in [9.17, 15) is 19.5 Å². The first-order valence-electron chi connectivity index (χ1n) is 9.80. The number of hydrogen-bond donors (Lipinski definition) is 3. The van der Waals surface area contributed by atoms with Crippen molar-refractivity contribution in [1.82, 2.24) is 10.2 Å². The molecule has 5 atom stereocenters. The molecule has 0 radical (unpaired) electrons. The molecule has 2 bridgehead atoms. The summed E-state index contributed by atoms with van der Waals surface area (Å²) in [5.74, 6) is -1.55. The summed E-state index contributed by atoms with van der Waals surface area (Å²) >= 11 is 7.82. The van der Waals surface area contributed by atoms with E-state index in [4.69, 9.17) is 11.6 Å². The van der Waals surface area contributed by atoms with Crippen LogP contribution in [0.3, 0.4) is 0 Å². The van der Waals surface area contributed by atoms with Crippen LogP contribution in [0.25, 0.3) is 0 Å². The van der Waals surface area contributed by atoms with Gasteiger partial charge in [-0.25, -0.2) is 0 Å². The van der Waals surface area contributed by atoms with E-state index < -0.39 is 22.6 Å². The predicted molar refractivity (Wildman–Crippen MR) is 112 cm³/mol. The summed E-state index contributed by atoms with van der Waals surface area (Å²) in [6.45, 7) is 0.203. The van der Waals surface area contributed by atoms with Crippen molar-refractivity contribution in [1.29, 1.82) is 0 Å². The molecule has 7 nitrogen and oxygen atoms in total. The predicted octanol–water partition coefficient (Wildman–Crippen LogP) is 1.50. The molecule has 0 aromatic heterocycles. The van der Waals surface area contributed by atoms with E-state index in [1.807, 2.05) is 0 Å². The van der Waals surface area contributed by atoms with E-state index in [1.54, 1.807) is 48.0 Å². The molecule has 2 unspecified atom stereocenters. The average Bonchev–Trinajstić information content (AvgIpc) is 3.35.